The first kappa shape index (κ1) is 19.0. The summed E-state index contributed by atoms with van der Waals surface area (Å²) in [7, 11) is 0. The molecule has 0 aromatic heterocycles. The Hall–Kier alpha value is -2.33. The molecule has 0 saturated heterocycles. The van der Waals surface area contributed by atoms with Crippen LogP contribution in [0.2, 0.25) is 5.02 Å². The average molecular weight is 359 g/mol. The van der Waals surface area contributed by atoms with Crippen LogP contribution in [0.15, 0.2) is 48.5 Å². The van der Waals surface area contributed by atoms with E-state index in [0.717, 1.165) is 11.1 Å². The van der Waals surface area contributed by atoms with Gasteiger partial charge in [-0.2, -0.15) is 0 Å². The molecule has 25 heavy (non-hydrogen) atoms. The Morgan fingerprint density at radius 3 is 2.28 bits per heavy atom. The lowest BCUT2D eigenvalue weighted by molar-refractivity contribution is -0.124. The highest BCUT2D eigenvalue weighted by Gasteiger charge is 2.24. The van der Waals surface area contributed by atoms with Gasteiger partial charge in [0.15, 0.2) is 0 Å². The molecule has 0 radical (unpaired) electrons. The molecule has 0 aliphatic rings. The van der Waals surface area contributed by atoms with Gasteiger partial charge in [0.1, 0.15) is 6.04 Å². The van der Waals surface area contributed by atoms with Gasteiger partial charge in [0.2, 0.25) is 5.91 Å². The van der Waals surface area contributed by atoms with Gasteiger partial charge in [-0.1, -0.05) is 49.7 Å². The van der Waals surface area contributed by atoms with Crippen molar-refractivity contribution in [3.63, 3.8) is 0 Å². The van der Waals surface area contributed by atoms with Crippen molar-refractivity contribution in [2.45, 2.75) is 33.4 Å². The summed E-state index contributed by atoms with van der Waals surface area (Å²) in [6.45, 7) is 6.25. The fourth-order valence-electron chi connectivity index (χ4n) is 2.46. The van der Waals surface area contributed by atoms with Crippen molar-refractivity contribution < 1.29 is 9.59 Å². The van der Waals surface area contributed by atoms with Crippen LogP contribution in [0.4, 0.5) is 0 Å². The van der Waals surface area contributed by atoms with Crippen molar-refractivity contribution in [3.8, 4) is 0 Å². The highest BCUT2D eigenvalue weighted by molar-refractivity contribution is 6.30. The van der Waals surface area contributed by atoms with Gasteiger partial charge < -0.3 is 10.6 Å². The fourth-order valence-corrected chi connectivity index (χ4v) is 2.59. The number of halogens is 1. The normalized spacial score (nSPS) is 11.9. The van der Waals surface area contributed by atoms with Crippen LogP contribution in [0.5, 0.6) is 0 Å². The lowest BCUT2D eigenvalue weighted by atomic mass is 10.0. The van der Waals surface area contributed by atoms with Crippen LogP contribution in [0.25, 0.3) is 0 Å². The standard InChI is InChI=1S/C20H23ClN2O2/c1-13(2)18(23-19(24)15-8-10-17(21)11-9-15)20(25)22-12-16-7-5-4-6-14(16)3/h4-11,13,18H,12H2,1-3H3,(H,22,25)(H,23,24). The minimum absolute atomic E-state index is 0.0341. The molecule has 0 heterocycles. The monoisotopic (exact) mass is 358 g/mol. The number of hydrogen-bond acceptors (Lipinski definition) is 2. The van der Waals surface area contributed by atoms with Gasteiger partial charge in [-0.15, -0.1) is 0 Å². The minimum Gasteiger partial charge on any atom is -0.350 e. The molecule has 2 N–H and O–H groups in total. The third-order valence-electron chi connectivity index (χ3n) is 4.06. The molecule has 4 nitrogen and oxygen atoms in total. The number of hydrogen-bond donors (Lipinski definition) is 2. The molecule has 0 aliphatic carbocycles. The number of carbonyl (C=O) groups is 2. The molecule has 2 aromatic carbocycles. The van der Waals surface area contributed by atoms with Crippen molar-refractivity contribution in [3.05, 3.63) is 70.2 Å². The number of rotatable bonds is 6. The molecule has 0 saturated carbocycles. The zero-order chi connectivity index (χ0) is 18.4. The lowest BCUT2D eigenvalue weighted by Gasteiger charge is -2.22. The van der Waals surface area contributed by atoms with Crippen LogP contribution in [0.1, 0.15) is 35.3 Å². The van der Waals surface area contributed by atoms with Crippen LogP contribution in [-0.4, -0.2) is 17.9 Å². The smallest absolute Gasteiger partial charge is 0.251 e. The molecule has 132 valence electrons. The lowest BCUT2D eigenvalue weighted by Crippen LogP contribution is -2.49. The summed E-state index contributed by atoms with van der Waals surface area (Å²) < 4.78 is 0. The first-order valence-electron chi connectivity index (χ1n) is 8.27. The number of carbonyl (C=O) groups excluding carboxylic acids is 2. The highest BCUT2D eigenvalue weighted by atomic mass is 35.5. The molecule has 1 atom stereocenters. The summed E-state index contributed by atoms with van der Waals surface area (Å²) >= 11 is 5.84. The minimum atomic E-state index is -0.604. The molecule has 5 heteroatoms. The maximum absolute atomic E-state index is 12.5. The Morgan fingerprint density at radius 2 is 1.68 bits per heavy atom. The maximum Gasteiger partial charge on any atom is 0.251 e. The Kier molecular flexibility index (Phi) is 6.59. The van der Waals surface area contributed by atoms with E-state index < -0.39 is 6.04 Å². The molecule has 0 bridgehead atoms. The van der Waals surface area contributed by atoms with Crippen molar-refractivity contribution in [1.29, 1.82) is 0 Å². The molecule has 1 unspecified atom stereocenters. The molecule has 2 amide bonds. The van der Waals surface area contributed by atoms with Crippen molar-refractivity contribution >= 4 is 23.4 Å². The summed E-state index contributed by atoms with van der Waals surface area (Å²) in [5, 5.41) is 6.28. The summed E-state index contributed by atoms with van der Waals surface area (Å²) in [6, 6.07) is 13.9. The quantitative estimate of drug-likeness (QED) is 0.826. The van der Waals surface area contributed by atoms with Crippen LogP contribution in [0.3, 0.4) is 0 Å². The second-order valence-corrected chi connectivity index (χ2v) is 6.78. The zero-order valence-corrected chi connectivity index (χ0v) is 15.4. The SMILES string of the molecule is Cc1ccccc1CNC(=O)C(NC(=O)c1ccc(Cl)cc1)C(C)C. The summed E-state index contributed by atoms with van der Waals surface area (Å²) in [5.41, 5.74) is 2.65. The van der Waals surface area contributed by atoms with E-state index in [4.69, 9.17) is 11.6 Å². The first-order valence-corrected chi connectivity index (χ1v) is 8.65. The zero-order valence-electron chi connectivity index (χ0n) is 14.7. The second kappa shape index (κ2) is 8.67. The molecule has 2 aromatic rings. The van der Waals surface area contributed by atoms with E-state index in [1.165, 1.54) is 0 Å². The van der Waals surface area contributed by atoms with Gasteiger partial charge in [-0.25, -0.2) is 0 Å². The van der Waals surface area contributed by atoms with Crippen molar-refractivity contribution in [2.75, 3.05) is 0 Å². The van der Waals surface area contributed by atoms with E-state index in [2.05, 4.69) is 10.6 Å². The third-order valence-corrected chi connectivity index (χ3v) is 4.31. The van der Waals surface area contributed by atoms with Crippen LogP contribution >= 0.6 is 11.6 Å². The average Bonchev–Trinajstić information content (AvgIpc) is 2.58. The van der Waals surface area contributed by atoms with E-state index in [9.17, 15) is 9.59 Å². The van der Waals surface area contributed by atoms with E-state index in [0.29, 0.717) is 17.1 Å². The van der Waals surface area contributed by atoms with Crippen molar-refractivity contribution in [1.82, 2.24) is 10.6 Å². The fraction of sp³-hybridized carbons (Fsp3) is 0.300. The molecule has 0 spiro atoms. The summed E-state index contributed by atoms with van der Waals surface area (Å²) in [6.07, 6.45) is 0. The third kappa shape index (κ3) is 5.33. The second-order valence-electron chi connectivity index (χ2n) is 6.35. The number of amides is 2. The van der Waals surface area contributed by atoms with Gasteiger partial charge >= 0.3 is 0 Å². The first-order chi connectivity index (χ1) is 11.9. The molecular weight excluding hydrogens is 336 g/mol. The Bertz CT molecular complexity index is 742. The van der Waals surface area contributed by atoms with Crippen LogP contribution in [0, 0.1) is 12.8 Å². The molecular formula is C20H23ClN2O2. The van der Waals surface area contributed by atoms with Gasteiger partial charge in [0.05, 0.1) is 0 Å². The van der Waals surface area contributed by atoms with Gasteiger partial charge in [0, 0.05) is 17.1 Å². The Balaban J connectivity index is 2.01. The topological polar surface area (TPSA) is 58.2 Å². The van der Waals surface area contributed by atoms with E-state index in [1.54, 1.807) is 24.3 Å². The Labute approximate surface area is 153 Å². The van der Waals surface area contributed by atoms with Crippen LogP contribution in [-0.2, 0) is 11.3 Å². The number of benzene rings is 2. The van der Waals surface area contributed by atoms with E-state index in [-0.39, 0.29) is 17.7 Å². The molecule has 0 aliphatic heterocycles. The molecule has 0 fully saturated rings. The summed E-state index contributed by atoms with van der Waals surface area (Å²) in [4.78, 5) is 24.9. The van der Waals surface area contributed by atoms with E-state index in [1.807, 2.05) is 45.0 Å². The van der Waals surface area contributed by atoms with E-state index >= 15 is 0 Å². The van der Waals surface area contributed by atoms with Gasteiger partial charge in [-0.05, 0) is 48.2 Å². The predicted octanol–water partition coefficient (Wildman–Crippen LogP) is 3.72. The van der Waals surface area contributed by atoms with Gasteiger partial charge in [-0.3, -0.25) is 9.59 Å². The highest BCUT2D eigenvalue weighted by Crippen LogP contribution is 2.11. The maximum atomic E-state index is 12.5. The number of nitrogens with one attached hydrogen (secondary N) is 2. The largest absolute Gasteiger partial charge is 0.350 e. The Morgan fingerprint density at radius 1 is 1.04 bits per heavy atom. The van der Waals surface area contributed by atoms with Crippen molar-refractivity contribution in [2.24, 2.45) is 5.92 Å². The van der Waals surface area contributed by atoms with Gasteiger partial charge in [0.25, 0.3) is 5.91 Å². The summed E-state index contributed by atoms with van der Waals surface area (Å²) in [5.74, 6) is -0.518. The molecule has 2 rings (SSSR count). The predicted molar refractivity (Wildman–Crippen MR) is 101 cm³/mol. The van der Waals surface area contributed by atoms with Crippen LogP contribution < -0.4 is 10.6 Å². The number of aryl methyl sites for hydroxylation is 1.